The van der Waals surface area contributed by atoms with E-state index < -0.39 is 28.7 Å². The molecule has 2 aromatic rings. The number of carbonyl (C=O) groups excluding carboxylic acids is 3. The van der Waals surface area contributed by atoms with Crippen molar-refractivity contribution in [1.29, 1.82) is 0 Å². The molecular formula is C19H16N2O6S. The van der Waals surface area contributed by atoms with Crippen LogP contribution < -0.4 is 4.74 Å². The number of rotatable bonds is 7. The Hall–Kier alpha value is -3.20. The monoisotopic (exact) mass is 400 g/mol. The molecule has 0 radical (unpaired) electrons. The van der Waals surface area contributed by atoms with Gasteiger partial charge in [0.2, 0.25) is 0 Å². The number of carbonyl (C=O) groups is 3. The Morgan fingerprint density at radius 2 is 1.68 bits per heavy atom. The van der Waals surface area contributed by atoms with Crippen LogP contribution in [0, 0.1) is 10.1 Å². The fourth-order valence-electron chi connectivity index (χ4n) is 2.89. The Bertz CT molecular complexity index is 909. The lowest BCUT2D eigenvalue weighted by Gasteiger charge is -2.24. The zero-order valence-electron chi connectivity index (χ0n) is 14.9. The maximum atomic E-state index is 12.8. The molecule has 0 unspecified atom stereocenters. The van der Waals surface area contributed by atoms with Crippen LogP contribution in [0.4, 0.5) is 5.69 Å². The third-order valence-electron chi connectivity index (χ3n) is 4.27. The van der Waals surface area contributed by atoms with Crippen LogP contribution in [0.2, 0.25) is 0 Å². The van der Waals surface area contributed by atoms with Gasteiger partial charge in [-0.15, -0.1) is 0 Å². The van der Waals surface area contributed by atoms with Gasteiger partial charge in [0.15, 0.2) is 0 Å². The van der Waals surface area contributed by atoms with E-state index in [0.717, 1.165) is 4.90 Å². The van der Waals surface area contributed by atoms with Gasteiger partial charge in [-0.25, -0.2) is 4.79 Å². The van der Waals surface area contributed by atoms with Gasteiger partial charge in [0.1, 0.15) is 11.8 Å². The predicted octanol–water partition coefficient (Wildman–Crippen LogP) is 2.92. The number of non-ortho nitro benzene ring substituents is 1. The smallest absolute Gasteiger partial charge is 0.334 e. The number of fused-ring (bicyclic) bond motifs is 1. The molecule has 0 aliphatic carbocycles. The van der Waals surface area contributed by atoms with E-state index in [-0.39, 0.29) is 29.0 Å². The molecule has 1 aliphatic rings. The summed E-state index contributed by atoms with van der Waals surface area (Å²) in [6, 6.07) is 10.3. The summed E-state index contributed by atoms with van der Waals surface area (Å²) in [6.45, 7) is 0. The highest BCUT2D eigenvalue weighted by Gasteiger charge is 2.43. The number of ether oxygens (including phenoxy) is 1. The Morgan fingerprint density at radius 3 is 2.18 bits per heavy atom. The van der Waals surface area contributed by atoms with Gasteiger partial charge in [-0.2, -0.15) is 11.8 Å². The first-order valence-corrected chi connectivity index (χ1v) is 9.75. The Morgan fingerprint density at radius 1 is 1.11 bits per heavy atom. The minimum atomic E-state index is -1.09. The molecule has 1 atom stereocenters. The van der Waals surface area contributed by atoms with Gasteiger partial charge in [0.25, 0.3) is 17.5 Å². The first-order valence-electron chi connectivity index (χ1n) is 8.36. The highest BCUT2D eigenvalue weighted by molar-refractivity contribution is 7.98. The van der Waals surface area contributed by atoms with E-state index >= 15 is 0 Å². The number of nitro groups is 1. The van der Waals surface area contributed by atoms with E-state index in [1.165, 1.54) is 36.0 Å². The highest BCUT2D eigenvalue weighted by atomic mass is 32.2. The Kier molecular flexibility index (Phi) is 5.74. The standard InChI is InChI=1S/C19H16N2O6S/c1-28-11-10-16(19(24)27-13-8-6-12(7-9-13)21(25)26)20-17(22)14-4-2-3-5-15(14)18(20)23/h2-9,16H,10-11H2,1H3/t16-/m0/s1. The van der Waals surface area contributed by atoms with E-state index in [2.05, 4.69) is 0 Å². The van der Waals surface area contributed by atoms with Gasteiger partial charge in [0, 0.05) is 12.1 Å². The second-order valence-corrected chi connectivity index (χ2v) is 6.98. The highest BCUT2D eigenvalue weighted by Crippen LogP contribution is 2.27. The molecule has 0 spiro atoms. The van der Waals surface area contributed by atoms with Gasteiger partial charge in [0.05, 0.1) is 16.1 Å². The number of hydrogen-bond acceptors (Lipinski definition) is 7. The summed E-state index contributed by atoms with van der Waals surface area (Å²) in [7, 11) is 0. The molecule has 1 aliphatic heterocycles. The minimum absolute atomic E-state index is 0.0985. The van der Waals surface area contributed by atoms with Crippen molar-refractivity contribution in [3.63, 3.8) is 0 Å². The summed E-state index contributed by atoms with van der Waals surface area (Å²) in [5, 5.41) is 10.7. The molecule has 2 aromatic carbocycles. The quantitative estimate of drug-likeness (QED) is 0.231. The van der Waals surface area contributed by atoms with Gasteiger partial charge in [-0.3, -0.25) is 24.6 Å². The average Bonchev–Trinajstić information content (AvgIpc) is 2.94. The van der Waals surface area contributed by atoms with Crippen LogP contribution >= 0.6 is 11.8 Å². The summed E-state index contributed by atoms with van der Waals surface area (Å²) in [5.41, 5.74) is 0.369. The molecule has 0 bridgehead atoms. The number of imide groups is 1. The van der Waals surface area contributed by atoms with Crippen LogP contribution in [0.15, 0.2) is 48.5 Å². The molecule has 28 heavy (non-hydrogen) atoms. The lowest BCUT2D eigenvalue weighted by molar-refractivity contribution is -0.384. The SMILES string of the molecule is CSCC[C@@H](C(=O)Oc1ccc([N+](=O)[O-])cc1)N1C(=O)c2ccccc2C1=O. The lowest BCUT2D eigenvalue weighted by atomic mass is 10.1. The predicted molar refractivity (Wildman–Crippen MR) is 102 cm³/mol. The first kappa shape index (κ1) is 19.6. The van der Waals surface area contributed by atoms with Crippen molar-refractivity contribution >= 4 is 35.2 Å². The largest absolute Gasteiger partial charge is 0.425 e. The molecule has 144 valence electrons. The van der Waals surface area contributed by atoms with Crippen molar-refractivity contribution in [3.8, 4) is 5.75 Å². The van der Waals surface area contributed by atoms with Crippen LogP contribution in [0.25, 0.3) is 0 Å². The number of benzene rings is 2. The molecule has 9 heteroatoms. The average molecular weight is 400 g/mol. The van der Waals surface area contributed by atoms with Gasteiger partial charge >= 0.3 is 5.97 Å². The lowest BCUT2D eigenvalue weighted by Crippen LogP contribution is -2.47. The fourth-order valence-corrected chi connectivity index (χ4v) is 3.35. The second kappa shape index (κ2) is 8.22. The van der Waals surface area contributed by atoms with E-state index in [1.807, 2.05) is 6.26 Å². The van der Waals surface area contributed by atoms with Crippen molar-refractivity contribution in [1.82, 2.24) is 4.90 Å². The molecule has 0 fully saturated rings. The van der Waals surface area contributed by atoms with Gasteiger partial charge in [-0.05, 0) is 42.7 Å². The number of esters is 1. The molecule has 8 nitrogen and oxygen atoms in total. The Balaban J connectivity index is 1.84. The maximum absolute atomic E-state index is 12.8. The third kappa shape index (κ3) is 3.74. The van der Waals surface area contributed by atoms with Crippen LogP contribution in [0.5, 0.6) is 5.75 Å². The van der Waals surface area contributed by atoms with Crippen molar-refractivity contribution in [2.24, 2.45) is 0 Å². The summed E-state index contributed by atoms with van der Waals surface area (Å²) >= 11 is 1.47. The molecule has 0 saturated carbocycles. The normalized spacial score (nSPS) is 14.0. The van der Waals surface area contributed by atoms with Crippen LogP contribution in [0.3, 0.4) is 0 Å². The summed E-state index contributed by atoms with van der Waals surface area (Å²) in [5.74, 6) is -1.20. The maximum Gasteiger partial charge on any atom is 0.334 e. The number of hydrogen-bond donors (Lipinski definition) is 0. The summed E-state index contributed by atoms with van der Waals surface area (Å²) < 4.78 is 5.30. The number of amides is 2. The van der Waals surface area contributed by atoms with E-state index in [9.17, 15) is 24.5 Å². The van der Waals surface area contributed by atoms with Crippen molar-refractivity contribution in [2.45, 2.75) is 12.5 Å². The number of nitrogens with zero attached hydrogens (tertiary/aromatic N) is 2. The van der Waals surface area contributed by atoms with Crippen molar-refractivity contribution < 1.29 is 24.0 Å². The molecule has 0 N–H and O–H groups in total. The van der Waals surface area contributed by atoms with Crippen molar-refractivity contribution in [2.75, 3.05) is 12.0 Å². The van der Waals surface area contributed by atoms with Crippen molar-refractivity contribution in [3.05, 3.63) is 69.8 Å². The second-order valence-electron chi connectivity index (χ2n) is 6.00. The number of nitro benzene ring substituents is 1. The molecule has 2 amide bonds. The molecule has 0 saturated heterocycles. The molecular weight excluding hydrogens is 384 g/mol. The fraction of sp³-hybridized carbons (Fsp3) is 0.211. The summed E-state index contributed by atoms with van der Waals surface area (Å²) in [6.07, 6.45) is 2.08. The zero-order chi connectivity index (χ0) is 20.3. The Labute approximate surface area is 164 Å². The summed E-state index contributed by atoms with van der Waals surface area (Å²) in [4.78, 5) is 49.3. The molecule has 1 heterocycles. The van der Waals surface area contributed by atoms with Crippen LogP contribution in [-0.4, -0.2) is 45.7 Å². The van der Waals surface area contributed by atoms with Gasteiger partial charge in [-0.1, -0.05) is 12.1 Å². The van der Waals surface area contributed by atoms with Crippen LogP contribution in [0.1, 0.15) is 27.1 Å². The van der Waals surface area contributed by atoms with E-state index in [1.54, 1.807) is 24.3 Å². The first-order chi connectivity index (χ1) is 13.4. The van der Waals surface area contributed by atoms with E-state index in [4.69, 9.17) is 4.74 Å². The molecule has 0 aromatic heterocycles. The molecule has 3 rings (SSSR count). The zero-order valence-corrected chi connectivity index (χ0v) is 15.7. The van der Waals surface area contributed by atoms with Crippen LogP contribution in [-0.2, 0) is 4.79 Å². The topological polar surface area (TPSA) is 107 Å². The van der Waals surface area contributed by atoms with Gasteiger partial charge < -0.3 is 4.74 Å². The number of thioether (sulfide) groups is 1. The van der Waals surface area contributed by atoms with E-state index in [0.29, 0.717) is 5.75 Å². The minimum Gasteiger partial charge on any atom is -0.425 e. The third-order valence-corrected chi connectivity index (χ3v) is 4.91.